The van der Waals surface area contributed by atoms with Gasteiger partial charge in [-0.3, -0.25) is 0 Å². The van der Waals surface area contributed by atoms with Crippen LogP contribution < -0.4 is 10.6 Å². The van der Waals surface area contributed by atoms with Gasteiger partial charge in [-0.1, -0.05) is 62.9 Å². The number of nitrogens with zero attached hydrogens (tertiary/aromatic N) is 1. The zero-order chi connectivity index (χ0) is 22.8. The lowest BCUT2D eigenvalue weighted by Crippen LogP contribution is -2.55. The summed E-state index contributed by atoms with van der Waals surface area (Å²) < 4.78 is 0. The highest BCUT2D eigenvalue weighted by atomic mass is 15.2. The molecule has 3 nitrogen and oxygen atoms in total. The summed E-state index contributed by atoms with van der Waals surface area (Å²) in [6.45, 7) is 15.6. The zero-order valence-corrected chi connectivity index (χ0v) is 20.0. The first-order valence-electron chi connectivity index (χ1n) is 12.7. The molecular formula is C30H37N3. The maximum absolute atomic E-state index is 4.45. The maximum Gasteiger partial charge on any atom is 0.0417 e. The van der Waals surface area contributed by atoms with E-state index < -0.39 is 0 Å². The van der Waals surface area contributed by atoms with Gasteiger partial charge in [0.05, 0.1) is 0 Å². The smallest absolute Gasteiger partial charge is 0.0417 e. The number of piperidine rings is 3. The molecule has 3 heterocycles. The number of fused-ring (bicyclic) bond motifs is 4. The summed E-state index contributed by atoms with van der Waals surface area (Å²) in [7, 11) is 0. The molecule has 3 aliphatic heterocycles. The van der Waals surface area contributed by atoms with Crippen LogP contribution in [0.25, 0.3) is 22.9 Å². The van der Waals surface area contributed by atoms with Gasteiger partial charge in [0.1, 0.15) is 0 Å². The van der Waals surface area contributed by atoms with E-state index in [1.807, 2.05) is 0 Å². The van der Waals surface area contributed by atoms with E-state index in [0.29, 0.717) is 6.04 Å². The summed E-state index contributed by atoms with van der Waals surface area (Å²) in [6.07, 6.45) is 8.28. The van der Waals surface area contributed by atoms with Crippen molar-refractivity contribution in [3.63, 3.8) is 0 Å². The SMILES string of the molecule is C=C(NC1CN2CCC1CC2)C1=Cc2cccc(-c3cccc(C(=C)NCCCC)c3)c2C1. The largest absolute Gasteiger partial charge is 0.385 e. The average Bonchev–Trinajstić information content (AvgIpc) is 3.30. The Bertz CT molecular complexity index is 1070. The van der Waals surface area contributed by atoms with Crippen molar-refractivity contribution in [2.75, 3.05) is 26.2 Å². The lowest BCUT2D eigenvalue weighted by Gasteiger charge is -2.45. The van der Waals surface area contributed by atoms with E-state index in [9.17, 15) is 0 Å². The standard InChI is InChI=1S/C30H37N3/c1-4-5-14-31-21(2)24-8-6-9-25(17-24)28-11-7-10-26-18-27(19-29(26)28)22(3)32-30-20-33-15-12-23(30)13-16-33/h6-11,17-18,23,30-32H,2-5,12-16,19-20H2,1H3. The molecule has 33 heavy (non-hydrogen) atoms. The maximum atomic E-state index is 4.45. The number of nitrogens with one attached hydrogen (secondary N) is 2. The highest BCUT2D eigenvalue weighted by Gasteiger charge is 2.34. The monoisotopic (exact) mass is 439 g/mol. The molecule has 2 bridgehead atoms. The van der Waals surface area contributed by atoms with Crippen LogP contribution >= 0.6 is 0 Å². The fraction of sp³-hybridized carbons (Fsp3) is 0.400. The van der Waals surface area contributed by atoms with Gasteiger partial charge < -0.3 is 15.5 Å². The number of unbranched alkanes of at least 4 members (excludes halogenated alkanes) is 1. The van der Waals surface area contributed by atoms with Gasteiger partial charge in [-0.25, -0.2) is 0 Å². The van der Waals surface area contributed by atoms with Crippen molar-refractivity contribution in [1.29, 1.82) is 0 Å². The minimum atomic E-state index is 0.548. The average molecular weight is 440 g/mol. The highest BCUT2D eigenvalue weighted by Crippen LogP contribution is 2.37. The number of allylic oxidation sites excluding steroid dienone is 1. The summed E-state index contributed by atoms with van der Waals surface area (Å²) in [4.78, 5) is 2.60. The van der Waals surface area contributed by atoms with Crippen LogP contribution in [-0.4, -0.2) is 37.1 Å². The molecule has 1 atom stereocenters. The first-order chi connectivity index (χ1) is 16.1. The molecule has 3 saturated heterocycles. The molecule has 1 unspecified atom stereocenters. The van der Waals surface area contributed by atoms with Crippen molar-refractivity contribution in [2.45, 2.75) is 45.1 Å². The summed E-state index contributed by atoms with van der Waals surface area (Å²) in [6, 6.07) is 16.0. The Kier molecular flexibility index (Phi) is 6.41. The van der Waals surface area contributed by atoms with Crippen LogP contribution in [0.4, 0.5) is 0 Å². The van der Waals surface area contributed by atoms with Crippen molar-refractivity contribution in [1.82, 2.24) is 15.5 Å². The Balaban J connectivity index is 1.30. The zero-order valence-electron chi connectivity index (χ0n) is 20.0. The molecule has 0 saturated carbocycles. The van der Waals surface area contributed by atoms with Crippen molar-refractivity contribution in [3.8, 4) is 11.1 Å². The molecule has 0 amide bonds. The van der Waals surface area contributed by atoms with E-state index in [0.717, 1.165) is 43.2 Å². The third-order valence-electron chi connectivity index (χ3n) is 7.70. The minimum Gasteiger partial charge on any atom is -0.385 e. The van der Waals surface area contributed by atoms with Gasteiger partial charge in [-0.15, -0.1) is 0 Å². The van der Waals surface area contributed by atoms with E-state index in [1.165, 1.54) is 65.7 Å². The summed E-state index contributed by atoms with van der Waals surface area (Å²) in [5.41, 5.74) is 9.92. The summed E-state index contributed by atoms with van der Waals surface area (Å²) in [5, 5.41) is 7.29. The van der Waals surface area contributed by atoms with Gasteiger partial charge in [0.2, 0.25) is 0 Å². The molecule has 0 radical (unpaired) electrons. The fourth-order valence-corrected chi connectivity index (χ4v) is 5.67. The molecule has 3 heteroatoms. The second kappa shape index (κ2) is 9.61. The van der Waals surface area contributed by atoms with Crippen molar-refractivity contribution in [2.24, 2.45) is 5.92 Å². The van der Waals surface area contributed by atoms with Crippen molar-refractivity contribution < 1.29 is 0 Å². The van der Waals surface area contributed by atoms with Crippen LogP contribution in [0.2, 0.25) is 0 Å². The van der Waals surface area contributed by atoms with Gasteiger partial charge in [0.15, 0.2) is 0 Å². The number of hydrogen-bond acceptors (Lipinski definition) is 3. The van der Waals surface area contributed by atoms with Gasteiger partial charge in [0, 0.05) is 36.9 Å². The second-order valence-electron chi connectivity index (χ2n) is 9.93. The van der Waals surface area contributed by atoms with E-state index in [-0.39, 0.29) is 0 Å². The second-order valence-corrected chi connectivity index (χ2v) is 9.93. The molecule has 2 aromatic rings. The third kappa shape index (κ3) is 4.65. The fourth-order valence-electron chi connectivity index (χ4n) is 5.67. The summed E-state index contributed by atoms with van der Waals surface area (Å²) in [5.74, 6) is 0.800. The first-order valence-corrected chi connectivity index (χ1v) is 12.7. The Morgan fingerprint density at radius 3 is 2.64 bits per heavy atom. The van der Waals surface area contributed by atoms with Crippen LogP contribution in [0.5, 0.6) is 0 Å². The molecule has 4 aliphatic rings. The van der Waals surface area contributed by atoms with Crippen LogP contribution in [0.15, 0.2) is 66.9 Å². The Morgan fingerprint density at radius 2 is 1.88 bits per heavy atom. The van der Waals surface area contributed by atoms with E-state index in [1.54, 1.807) is 0 Å². The molecule has 0 aromatic heterocycles. The van der Waals surface area contributed by atoms with Gasteiger partial charge in [-0.2, -0.15) is 0 Å². The van der Waals surface area contributed by atoms with Crippen LogP contribution in [0.1, 0.15) is 49.3 Å². The predicted octanol–water partition coefficient (Wildman–Crippen LogP) is 5.85. The minimum absolute atomic E-state index is 0.548. The van der Waals surface area contributed by atoms with E-state index in [2.05, 4.69) is 84.2 Å². The molecule has 1 aliphatic carbocycles. The molecule has 172 valence electrons. The first kappa shape index (κ1) is 22.0. The predicted molar refractivity (Wildman–Crippen MR) is 141 cm³/mol. The Morgan fingerprint density at radius 1 is 1.06 bits per heavy atom. The molecular weight excluding hydrogens is 402 g/mol. The number of hydrogen-bond donors (Lipinski definition) is 2. The van der Waals surface area contributed by atoms with Crippen LogP contribution in [0.3, 0.4) is 0 Å². The van der Waals surface area contributed by atoms with Crippen LogP contribution in [-0.2, 0) is 6.42 Å². The Hall–Kier alpha value is -2.78. The van der Waals surface area contributed by atoms with Crippen molar-refractivity contribution in [3.05, 3.63) is 83.6 Å². The molecule has 3 fully saturated rings. The quantitative estimate of drug-likeness (QED) is 0.480. The Labute approximate surface area is 199 Å². The normalized spacial score (nSPS) is 23.1. The van der Waals surface area contributed by atoms with E-state index in [4.69, 9.17) is 0 Å². The lowest BCUT2D eigenvalue weighted by atomic mass is 9.84. The molecule has 2 N–H and O–H groups in total. The van der Waals surface area contributed by atoms with Gasteiger partial charge >= 0.3 is 0 Å². The van der Waals surface area contributed by atoms with E-state index >= 15 is 0 Å². The highest BCUT2D eigenvalue weighted by molar-refractivity contribution is 5.80. The number of benzene rings is 2. The summed E-state index contributed by atoms with van der Waals surface area (Å²) >= 11 is 0. The molecule has 0 spiro atoms. The third-order valence-corrected chi connectivity index (χ3v) is 7.70. The number of rotatable bonds is 9. The van der Waals surface area contributed by atoms with Crippen molar-refractivity contribution >= 4 is 11.8 Å². The van der Waals surface area contributed by atoms with Gasteiger partial charge in [0.25, 0.3) is 0 Å². The lowest BCUT2D eigenvalue weighted by molar-refractivity contribution is 0.0776. The van der Waals surface area contributed by atoms with Crippen LogP contribution in [0, 0.1) is 5.92 Å². The molecule has 2 aromatic carbocycles. The topological polar surface area (TPSA) is 27.3 Å². The molecule has 6 rings (SSSR count). The van der Waals surface area contributed by atoms with Gasteiger partial charge in [-0.05, 0) is 83.8 Å².